The van der Waals surface area contributed by atoms with E-state index in [0.717, 1.165) is 0 Å². The first-order chi connectivity index (χ1) is 9.54. The molecule has 0 spiro atoms. The van der Waals surface area contributed by atoms with Crippen LogP contribution in [0.2, 0.25) is 0 Å². The summed E-state index contributed by atoms with van der Waals surface area (Å²) in [5.41, 5.74) is 0. The molecule has 3 N–H and O–H groups in total. The minimum atomic E-state index is -0.743. The van der Waals surface area contributed by atoms with Gasteiger partial charge < -0.3 is 20.2 Å². The maximum atomic E-state index is 11.7. The van der Waals surface area contributed by atoms with Crippen molar-refractivity contribution in [3.05, 3.63) is 17.8 Å². The number of oxazole rings is 1. The van der Waals surface area contributed by atoms with Gasteiger partial charge in [0.15, 0.2) is 0 Å². The highest BCUT2D eigenvalue weighted by atomic mass is 16.4. The number of carboxylic acids is 1. The number of amides is 2. The van der Waals surface area contributed by atoms with E-state index >= 15 is 0 Å². The Kier molecular flexibility index (Phi) is 4.60. The van der Waals surface area contributed by atoms with Crippen LogP contribution in [0.3, 0.4) is 0 Å². The number of hydrogen-bond acceptors (Lipinski definition) is 4. The zero-order valence-electron chi connectivity index (χ0n) is 11.4. The molecule has 1 aromatic rings. The number of rotatable bonds is 4. The van der Waals surface area contributed by atoms with E-state index in [0.29, 0.717) is 37.3 Å². The molecule has 7 heteroatoms. The molecule has 0 atom stereocenters. The Morgan fingerprint density at radius 3 is 2.65 bits per heavy atom. The predicted molar refractivity (Wildman–Crippen MR) is 70.0 cm³/mol. The first-order valence-electron chi connectivity index (χ1n) is 6.73. The summed E-state index contributed by atoms with van der Waals surface area (Å²) >= 11 is 0. The van der Waals surface area contributed by atoms with E-state index in [2.05, 4.69) is 15.6 Å². The largest absolute Gasteiger partial charge is 0.481 e. The molecule has 0 bridgehead atoms. The lowest BCUT2D eigenvalue weighted by Crippen LogP contribution is -2.43. The Hall–Kier alpha value is -2.05. The van der Waals surface area contributed by atoms with Gasteiger partial charge in [0, 0.05) is 6.04 Å². The molecular formula is C13H19N3O4. The highest BCUT2D eigenvalue weighted by Crippen LogP contribution is 2.24. The van der Waals surface area contributed by atoms with Gasteiger partial charge in [-0.3, -0.25) is 4.79 Å². The van der Waals surface area contributed by atoms with E-state index < -0.39 is 5.97 Å². The van der Waals surface area contributed by atoms with Crippen LogP contribution < -0.4 is 10.6 Å². The number of aryl methyl sites for hydroxylation is 1. The minimum absolute atomic E-state index is 0.0388. The molecular weight excluding hydrogens is 262 g/mol. The highest BCUT2D eigenvalue weighted by molar-refractivity contribution is 5.74. The summed E-state index contributed by atoms with van der Waals surface area (Å²) in [6.45, 7) is 2.03. The summed E-state index contributed by atoms with van der Waals surface area (Å²) in [4.78, 5) is 26.5. The van der Waals surface area contributed by atoms with Gasteiger partial charge in [-0.15, -0.1) is 0 Å². The van der Waals surface area contributed by atoms with Crippen molar-refractivity contribution < 1.29 is 19.1 Å². The SMILES string of the molecule is Cc1cnc(CNC(=O)NC2CCC(C(=O)O)CC2)o1. The van der Waals surface area contributed by atoms with Crippen LogP contribution >= 0.6 is 0 Å². The van der Waals surface area contributed by atoms with E-state index in [1.807, 2.05) is 0 Å². The van der Waals surface area contributed by atoms with Crippen LogP contribution in [0.1, 0.15) is 37.3 Å². The van der Waals surface area contributed by atoms with E-state index in [1.165, 1.54) is 0 Å². The number of nitrogens with zero attached hydrogens (tertiary/aromatic N) is 1. The first-order valence-corrected chi connectivity index (χ1v) is 6.73. The number of aromatic nitrogens is 1. The van der Waals surface area contributed by atoms with E-state index in [1.54, 1.807) is 13.1 Å². The Bertz CT molecular complexity index is 478. The molecule has 0 unspecified atom stereocenters. The van der Waals surface area contributed by atoms with Crippen LogP contribution in [0.4, 0.5) is 4.79 Å². The number of carbonyl (C=O) groups is 2. The molecule has 2 amide bonds. The van der Waals surface area contributed by atoms with Gasteiger partial charge in [0.05, 0.1) is 18.7 Å². The van der Waals surface area contributed by atoms with Crippen LogP contribution in [0.15, 0.2) is 10.6 Å². The standard InChI is InChI=1S/C13H19N3O4/c1-8-6-14-11(20-8)7-15-13(19)16-10-4-2-9(3-5-10)12(17)18/h6,9-10H,2-5,7H2,1H3,(H,17,18)(H2,15,16,19). The smallest absolute Gasteiger partial charge is 0.315 e. The van der Waals surface area contributed by atoms with Crippen molar-refractivity contribution in [2.24, 2.45) is 5.92 Å². The fraction of sp³-hybridized carbons (Fsp3) is 0.615. The van der Waals surface area contributed by atoms with Gasteiger partial charge in [0.2, 0.25) is 5.89 Å². The number of carbonyl (C=O) groups excluding carboxylic acids is 1. The summed E-state index contributed by atoms with van der Waals surface area (Å²) in [5, 5.41) is 14.4. The van der Waals surface area contributed by atoms with E-state index in [-0.39, 0.29) is 24.5 Å². The fourth-order valence-corrected chi connectivity index (χ4v) is 2.36. The Balaban J connectivity index is 1.69. The van der Waals surface area contributed by atoms with Gasteiger partial charge >= 0.3 is 12.0 Å². The number of carboxylic acid groups (broad SMARTS) is 1. The molecule has 1 aliphatic carbocycles. The lowest BCUT2D eigenvalue weighted by Gasteiger charge is -2.26. The molecule has 0 saturated heterocycles. The van der Waals surface area contributed by atoms with Crippen LogP contribution in [0.5, 0.6) is 0 Å². The molecule has 1 fully saturated rings. The normalized spacial score (nSPS) is 22.2. The maximum Gasteiger partial charge on any atom is 0.315 e. The zero-order chi connectivity index (χ0) is 14.5. The molecule has 110 valence electrons. The van der Waals surface area contributed by atoms with Crippen LogP contribution in [-0.4, -0.2) is 28.1 Å². The third-order valence-electron chi connectivity index (χ3n) is 3.48. The Morgan fingerprint density at radius 2 is 2.10 bits per heavy atom. The molecule has 20 heavy (non-hydrogen) atoms. The molecule has 1 heterocycles. The van der Waals surface area contributed by atoms with E-state index in [9.17, 15) is 9.59 Å². The maximum absolute atomic E-state index is 11.7. The minimum Gasteiger partial charge on any atom is -0.481 e. The zero-order valence-corrected chi connectivity index (χ0v) is 11.4. The molecule has 1 aliphatic rings. The third-order valence-corrected chi connectivity index (χ3v) is 3.48. The number of aliphatic carboxylic acids is 1. The van der Waals surface area contributed by atoms with Crippen LogP contribution in [0, 0.1) is 12.8 Å². The molecule has 2 rings (SSSR count). The summed E-state index contributed by atoms with van der Waals surface area (Å²) < 4.78 is 5.25. The first kappa shape index (κ1) is 14.4. The van der Waals surface area contributed by atoms with Crippen molar-refractivity contribution >= 4 is 12.0 Å². The van der Waals surface area contributed by atoms with Gasteiger partial charge in [-0.1, -0.05) is 0 Å². The lowest BCUT2D eigenvalue weighted by atomic mass is 9.86. The quantitative estimate of drug-likeness (QED) is 0.774. The Labute approximate surface area is 116 Å². The van der Waals surface area contributed by atoms with Crippen molar-refractivity contribution in [3.8, 4) is 0 Å². The summed E-state index contributed by atoms with van der Waals surface area (Å²) in [6, 6.07) is -0.239. The molecule has 1 saturated carbocycles. The van der Waals surface area contributed by atoms with Gasteiger partial charge in [-0.2, -0.15) is 0 Å². The van der Waals surface area contributed by atoms with Crippen molar-refractivity contribution in [1.29, 1.82) is 0 Å². The van der Waals surface area contributed by atoms with E-state index in [4.69, 9.17) is 9.52 Å². The molecule has 0 aliphatic heterocycles. The van der Waals surface area contributed by atoms with Crippen molar-refractivity contribution in [2.45, 2.75) is 45.2 Å². The Morgan fingerprint density at radius 1 is 1.40 bits per heavy atom. The molecule has 1 aromatic heterocycles. The second-order valence-electron chi connectivity index (χ2n) is 5.08. The van der Waals surface area contributed by atoms with Gasteiger partial charge in [-0.25, -0.2) is 9.78 Å². The number of hydrogen-bond donors (Lipinski definition) is 3. The topological polar surface area (TPSA) is 104 Å². The second kappa shape index (κ2) is 6.40. The summed E-state index contributed by atoms with van der Waals surface area (Å²) in [7, 11) is 0. The van der Waals surface area contributed by atoms with Crippen molar-refractivity contribution in [2.75, 3.05) is 0 Å². The number of nitrogens with one attached hydrogen (secondary N) is 2. The van der Waals surface area contributed by atoms with Gasteiger partial charge in [0.25, 0.3) is 0 Å². The average molecular weight is 281 g/mol. The monoisotopic (exact) mass is 281 g/mol. The fourth-order valence-electron chi connectivity index (χ4n) is 2.36. The molecule has 0 radical (unpaired) electrons. The van der Waals surface area contributed by atoms with Crippen molar-refractivity contribution in [1.82, 2.24) is 15.6 Å². The predicted octanol–water partition coefficient (Wildman–Crippen LogP) is 1.43. The molecule has 7 nitrogen and oxygen atoms in total. The van der Waals surface area contributed by atoms with Gasteiger partial charge in [0.1, 0.15) is 5.76 Å². The highest BCUT2D eigenvalue weighted by Gasteiger charge is 2.26. The average Bonchev–Trinajstić information content (AvgIpc) is 2.83. The summed E-state index contributed by atoms with van der Waals surface area (Å²) in [6.07, 6.45) is 4.21. The third kappa shape index (κ3) is 3.97. The summed E-state index contributed by atoms with van der Waals surface area (Å²) in [5.74, 6) is 0.153. The second-order valence-corrected chi connectivity index (χ2v) is 5.08. The van der Waals surface area contributed by atoms with Gasteiger partial charge in [-0.05, 0) is 32.6 Å². The van der Waals surface area contributed by atoms with Crippen molar-refractivity contribution in [3.63, 3.8) is 0 Å². The molecule has 0 aromatic carbocycles. The number of urea groups is 1. The van der Waals surface area contributed by atoms with Crippen LogP contribution in [0.25, 0.3) is 0 Å². The lowest BCUT2D eigenvalue weighted by molar-refractivity contribution is -0.142. The van der Waals surface area contributed by atoms with Crippen LogP contribution in [-0.2, 0) is 11.3 Å².